The lowest BCUT2D eigenvalue weighted by molar-refractivity contribution is -0.127. The third-order valence-electron chi connectivity index (χ3n) is 3.98. The van der Waals surface area contributed by atoms with E-state index in [1.165, 1.54) is 5.56 Å². The zero-order valence-electron chi connectivity index (χ0n) is 16.5. The van der Waals surface area contributed by atoms with E-state index in [-0.39, 0.29) is 12.5 Å². The van der Waals surface area contributed by atoms with Crippen molar-refractivity contribution in [1.29, 1.82) is 0 Å². The summed E-state index contributed by atoms with van der Waals surface area (Å²) in [7, 11) is 7.13. The minimum atomic E-state index is -0.0149. The number of allylic oxidation sites excluding steroid dienone is 1. The molecule has 0 radical (unpaired) electrons. The summed E-state index contributed by atoms with van der Waals surface area (Å²) in [6.07, 6.45) is 4.74. The smallest absolute Gasteiger partial charge is 0.243 e. The molecule has 1 rings (SSSR count). The van der Waals surface area contributed by atoms with Gasteiger partial charge >= 0.3 is 0 Å². The quantitative estimate of drug-likeness (QED) is 0.301. The van der Waals surface area contributed by atoms with Crippen molar-refractivity contribution in [2.75, 3.05) is 47.9 Å². The van der Waals surface area contributed by atoms with Crippen molar-refractivity contribution < 1.29 is 9.53 Å². The first-order valence-corrected chi connectivity index (χ1v) is 8.91. The van der Waals surface area contributed by atoms with Crippen molar-refractivity contribution in [1.82, 2.24) is 15.1 Å². The van der Waals surface area contributed by atoms with Crippen LogP contribution in [0.2, 0.25) is 0 Å². The highest BCUT2D eigenvalue weighted by Gasteiger charge is 2.08. The summed E-state index contributed by atoms with van der Waals surface area (Å²) in [4.78, 5) is 19.9. The largest absolute Gasteiger partial charge is 0.497 e. The number of hydrogen-bond acceptors (Lipinski definition) is 3. The fourth-order valence-electron chi connectivity index (χ4n) is 2.29. The summed E-state index contributed by atoms with van der Waals surface area (Å²) >= 11 is 0. The predicted molar refractivity (Wildman–Crippen MR) is 108 cm³/mol. The monoisotopic (exact) mass is 360 g/mol. The number of nitrogens with one attached hydrogen (secondary N) is 1. The number of nitrogens with zero attached hydrogens (tertiary/aromatic N) is 3. The van der Waals surface area contributed by atoms with Crippen molar-refractivity contribution in [2.45, 2.75) is 19.3 Å². The third-order valence-corrected chi connectivity index (χ3v) is 3.98. The van der Waals surface area contributed by atoms with Crippen LogP contribution in [-0.4, -0.2) is 69.6 Å². The number of unbranched alkanes of at least 4 members (excludes halogenated alkanes) is 1. The summed E-state index contributed by atoms with van der Waals surface area (Å²) in [6, 6.07) is 8.03. The fourth-order valence-corrected chi connectivity index (χ4v) is 2.29. The van der Waals surface area contributed by atoms with Crippen LogP contribution in [0.5, 0.6) is 5.75 Å². The van der Waals surface area contributed by atoms with Crippen molar-refractivity contribution in [3.63, 3.8) is 0 Å². The fraction of sp³-hybridized carbons (Fsp3) is 0.500. The van der Waals surface area contributed by atoms with Crippen LogP contribution in [0, 0.1) is 0 Å². The summed E-state index contributed by atoms with van der Waals surface area (Å²) in [5.41, 5.74) is 1.22. The Bertz CT molecular complexity index is 582. The molecular formula is C20H32N4O2. The van der Waals surface area contributed by atoms with Gasteiger partial charge in [0.1, 0.15) is 12.3 Å². The molecule has 144 valence electrons. The Morgan fingerprint density at radius 2 is 1.96 bits per heavy atom. The van der Waals surface area contributed by atoms with Crippen molar-refractivity contribution in [3.8, 4) is 5.75 Å². The van der Waals surface area contributed by atoms with Gasteiger partial charge in [-0.2, -0.15) is 0 Å². The van der Waals surface area contributed by atoms with Crippen LogP contribution in [0.25, 0.3) is 0 Å². The van der Waals surface area contributed by atoms with E-state index in [1.807, 2.05) is 25.3 Å². The molecule has 26 heavy (non-hydrogen) atoms. The Hall–Kier alpha value is -2.50. The minimum Gasteiger partial charge on any atom is -0.497 e. The molecule has 0 heterocycles. The van der Waals surface area contributed by atoms with Crippen LogP contribution in [-0.2, 0) is 11.2 Å². The highest BCUT2D eigenvalue weighted by Crippen LogP contribution is 2.11. The van der Waals surface area contributed by atoms with Gasteiger partial charge < -0.3 is 19.9 Å². The van der Waals surface area contributed by atoms with Crippen molar-refractivity contribution >= 4 is 11.9 Å². The van der Waals surface area contributed by atoms with Crippen LogP contribution in [0.4, 0.5) is 0 Å². The van der Waals surface area contributed by atoms with E-state index in [2.05, 4.69) is 33.9 Å². The average molecular weight is 361 g/mol. The molecule has 6 nitrogen and oxygen atoms in total. The van der Waals surface area contributed by atoms with E-state index in [9.17, 15) is 4.79 Å². The molecule has 0 aliphatic carbocycles. The Morgan fingerprint density at radius 3 is 2.54 bits per heavy atom. The van der Waals surface area contributed by atoms with Gasteiger partial charge in [0.25, 0.3) is 0 Å². The molecule has 0 atom stereocenters. The molecule has 1 aromatic rings. The zero-order chi connectivity index (χ0) is 19.4. The number of rotatable bonds is 10. The second-order valence-electron chi connectivity index (χ2n) is 6.31. The number of benzene rings is 1. The minimum absolute atomic E-state index is 0.0149. The Balaban J connectivity index is 2.62. The third kappa shape index (κ3) is 8.05. The summed E-state index contributed by atoms with van der Waals surface area (Å²) in [6.45, 7) is 5.50. The highest BCUT2D eigenvalue weighted by molar-refractivity contribution is 5.84. The average Bonchev–Trinajstić information content (AvgIpc) is 2.64. The van der Waals surface area contributed by atoms with Crippen LogP contribution in [0.1, 0.15) is 18.4 Å². The second-order valence-corrected chi connectivity index (χ2v) is 6.31. The summed E-state index contributed by atoms with van der Waals surface area (Å²) in [5, 5.41) is 3.37. The number of carbonyl (C=O) groups is 1. The molecule has 0 unspecified atom stereocenters. The number of amides is 1. The molecular weight excluding hydrogens is 328 g/mol. The lowest BCUT2D eigenvalue weighted by Crippen LogP contribution is -2.41. The topological polar surface area (TPSA) is 57.2 Å². The number of hydrogen-bond donors (Lipinski definition) is 1. The van der Waals surface area contributed by atoms with E-state index in [0.717, 1.165) is 44.1 Å². The molecule has 1 N–H and O–H groups in total. The van der Waals surface area contributed by atoms with Crippen LogP contribution in [0.15, 0.2) is 41.9 Å². The normalized spacial score (nSPS) is 11.0. The Kier molecular flexibility index (Phi) is 9.90. The number of carbonyl (C=O) groups excluding carboxylic acids is 1. The maximum atomic E-state index is 11.8. The maximum Gasteiger partial charge on any atom is 0.243 e. The molecule has 0 aliphatic rings. The SMILES string of the molecule is C=CCCCN(C)C(=NCC(=O)N(C)C)NCCc1ccc(OC)cc1. The Morgan fingerprint density at radius 1 is 1.27 bits per heavy atom. The van der Waals surface area contributed by atoms with Crippen molar-refractivity contribution in [2.24, 2.45) is 4.99 Å². The molecule has 0 saturated carbocycles. The van der Waals surface area contributed by atoms with E-state index in [0.29, 0.717) is 0 Å². The first-order chi connectivity index (χ1) is 12.5. The standard InChI is InChI=1S/C20H32N4O2/c1-6-7-8-15-24(4)20(22-16-19(25)23(2)3)21-14-13-17-9-11-18(26-5)12-10-17/h6,9-12H,1,7-8,13-16H2,2-5H3,(H,21,22). The number of likely N-dealkylation sites (N-methyl/N-ethyl adjacent to an activating group) is 1. The number of methoxy groups -OCH3 is 1. The highest BCUT2D eigenvalue weighted by atomic mass is 16.5. The molecule has 6 heteroatoms. The van der Waals surface area contributed by atoms with Crippen LogP contribution < -0.4 is 10.1 Å². The first kappa shape index (κ1) is 21.5. The van der Waals surface area contributed by atoms with Crippen LogP contribution >= 0.6 is 0 Å². The molecule has 0 aliphatic heterocycles. The van der Waals surface area contributed by atoms with E-state index in [1.54, 1.807) is 26.1 Å². The van der Waals surface area contributed by atoms with E-state index < -0.39 is 0 Å². The molecule has 0 saturated heterocycles. The summed E-state index contributed by atoms with van der Waals surface area (Å²) < 4.78 is 5.18. The summed E-state index contributed by atoms with van der Waals surface area (Å²) in [5.74, 6) is 1.59. The van der Waals surface area contributed by atoms with Gasteiger partial charge in [-0.3, -0.25) is 4.79 Å². The Labute approximate surface area is 157 Å². The molecule has 1 aromatic carbocycles. The van der Waals surface area contributed by atoms with Crippen LogP contribution in [0.3, 0.4) is 0 Å². The van der Waals surface area contributed by atoms with Gasteiger partial charge in [-0.1, -0.05) is 18.2 Å². The molecule has 0 fully saturated rings. The van der Waals surface area contributed by atoms with Crippen molar-refractivity contribution in [3.05, 3.63) is 42.5 Å². The maximum absolute atomic E-state index is 11.8. The molecule has 0 bridgehead atoms. The van der Waals surface area contributed by atoms with Gasteiger partial charge in [0.05, 0.1) is 7.11 Å². The zero-order valence-corrected chi connectivity index (χ0v) is 16.5. The lowest BCUT2D eigenvalue weighted by Gasteiger charge is -2.22. The van der Waals surface area contributed by atoms with E-state index >= 15 is 0 Å². The van der Waals surface area contributed by atoms with Gasteiger partial charge in [-0.25, -0.2) is 4.99 Å². The number of guanidine groups is 1. The van der Waals surface area contributed by atoms with Gasteiger partial charge in [0, 0.05) is 34.2 Å². The first-order valence-electron chi connectivity index (χ1n) is 8.91. The van der Waals surface area contributed by atoms with Gasteiger partial charge in [-0.15, -0.1) is 6.58 Å². The lowest BCUT2D eigenvalue weighted by atomic mass is 10.1. The van der Waals surface area contributed by atoms with E-state index in [4.69, 9.17) is 4.74 Å². The predicted octanol–water partition coefficient (Wildman–Crippen LogP) is 2.17. The molecule has 1 amide bonds. The molecule has 0 spiro atoms. The number of aliphatic imine (C=N–C) groups is 1. The van der Waals surface area contributed by atoms with Gasteiger partial charge in [-0.05, 0) is 37.0 Å². The van der Waals surface area contributed by atoms with Gasteiger partial charge in [0.2, 0.25) is 5.91 Å². The van der Waals surface area contributed by atoms with Gasteiger partial charge in [0.15, 0.2) is 5.96 Å². The number of ether oxygens (including phenoxy) is 1. The second kappa shape index (κ2) is 12.0. The molecule has 0 aromatic heterocycles.